The van der Waals surface area contributed by atoms with E-state index in [-0.39, 0.29) is 0 Å². The number of aliphatic hydroxyl groups is 1. The van der Waals surface area contributed by atoms with E-state index in [1.807, 2.05) is 0 Å². The van der Waals surface area contributed by atoms with Crippen molar-refractivity contribution in [3.8, 4) is 0 Å². The molecule has 1 heterocycles. The Morgan fingerprint density at radius 2 is 2.06 bits per heavy atom. The topological polar surface area (TPSA) is 23.5 Å². The zero-order valence-electron chi connectivity index (χ0n) is 9.81. The number of benzene rings is 1. The van der Waals surface area contributed by atoms with Crippen LogP contribution in [0.15, 0.2) is 30.3 Å². The van der Waals surface area contributed by atoms with Crippen molar-refractivity contribution < 1.29 is 5.11 Å². The Kier molecular flexibility index (Phi) is 4.37. The first kappa shape index (κ1) is 11.6. The van der Waals surface area contributed by atoms with E-state index in [4.69, 9.17) is 5.11 Å². The van der Waals surface area contributed by atoms with Crippen LogP contribution < -0.4 is 0 Å². The molecule has 1 fully saturated rings. The van der Waals surface area contributed by atoms with E-state index in [1.165, 1.54) is 24.9 Å². The SMILES string of the molecule is OCCCN1CCC[C@H]1Cc1ccccc1. The molecule has 0 aromatic heterocycles. The highest BCUT2D eigenvalue weighted by Gasteiger charge is 2.23. The molecule has 1 saturated heterocycles. The van der Waals surface area contributed by atoms with Crippen LogP contribution in [-0.4, -0.2) is 35.7 Å². The summed E-state index contributed by atoms with van der Waals surface area (Å²) in [5.74, 6) is 0. The van der Waals surface area contributed by atoms with Crippen molar-refractivity contribution >= 4 is 0 Å². The van der Waals surface area contributed by atoms with Crippen LogP contribution in [-0.2, 0) is 6.42 Å². The summed E-state index contributed by atoms with van der Waals surface area (Å²) in [6.45, 7) is 2.57. The highest BCUT2D eigenvalue weighted by atomic mass is 16.3. The molecule has 1 atom stereocenters. The molecular weight excluding hydrogens is 198 g/mol. The Morgan fingerprint density at radius 3 is 2.81 bits per heavy atom. The summed E-state index contributed by atoms with van der Waals surface area (Å²) in [5, 5.41) is 8.88. The lowest BCUT2D eigenvalue weighted by Crippen LogP contribution is -2.32. The molecule has 16 heavy (non-hydrogen) atoms. The van der Waals surface area contributed by atoms with Crippen LogP contribution in [0.4, 0.5) is 0 Å². The molecule has 0 saturated carbocycles. The molecule has 0 unspecified atom stereocenters. The van der Waals surface area contributed by atoms with Gasteiger partial charge in [-0.3, -0.25) is 4.90 Å². The summed E-state index contributed by atoms with van der Waals surface area (Å²) in [4.78, 5) is 2.53. The lowest BCUT2D eigenvalue weighted by Gasteiger charge is -2.24. The Morgan fingerprint density at radius 1 is 1.25 bits per heavy atom. The summed E-state index contributed by atoms with van der Waals surface area (Å²) in [7, 11) is 0. The van der Waals surface area contributed by atoms with Gasteiger partial charge in [-0.1, -0.05) is 30.3 Å². The van der Waals surface area contributed by atoms with Gasteiger partial charge in [0, 0.05) is 19.2 Å². The third-order valence-corrected chi connectivity index (χ3v) is 3.42. The molecule has 2 rings (SSSR count). The van der Waals surface area contributed by atoms with Crippen LogP contribution in [0.25, 0.3) is 0 Å². The van der Waals surface area contributed by atoms with Gasteiger partial charge in [0.05, 0.1) is 0 Å². The maximum Gasteiger partial charge on any atom is 0.0443 e. The first-order valence-electron chi connectivity index (χ1n) is 6.29. The number of nitrogens with zero attached hydrogens (tertiary/aromatic N) is 1. The molecule has 0 amide bonds. The van der Waals surface area contributed by atoms with Crippen LogP contribution in [0.3, 0.4) is 0 Å². The number of rotatable bonds is 5. The fourth-order valence-electron chi connectivity index (χ4n) is 2.58. The van der Waals surface area contributed by atoms with Crippen molar-refractivity contribution in [1.29, 1.82) is 0 Å². The van der Waals surface area contributed by atoms with Crippen LogP contribution in [0, 0.1) is 0 Å². The minimum atomic E-state index is 0.314. The molecule has 0 aliphatic carbocycles. The first-order valence-corrected chi connectivity index (χ1v) is 6.29. The smallest absolute Gasteiger partial charge is 0.0443 e. The van der Waals surface area contributed by atoms with Crippen LogP contribution in [0.1, 0.15) is 24.8 Å². The van der Waals surface area contributed by atoms with Gasteiger partial charge in [-0.05, 0) is 37.8 Å². The molecule has 0 spiro atoms. The van der Waals surface area contributed by atoms with Crippen molar-refractivity contribution in [1.82, 2.24) is 4.90 Å². The van der Waals surface area contributed by atoms with Gasteiger partial charge in [-0.2, -0.15) is 0 Å². The predicted molar refractivity (Wildman–Crippen MR) is 66.4 cm³/mol. The van der Waals surface area contributed by atoms with Crippen molar-refractivity contribution in [2.24, 2.45) is 0 Å². The maximum absolute atomic E-state index is 8.88. The van der Waals surface area contributed by atoms with E-state index in [0.717, 1.165) is 19.4 Å². The standard InChI is InChI=1S/C14H21NO/c16-11-5-10-15-9-4-8-14(15)12-13-6-2-1-3-7-13/h1-3,6-7,14,16H,4-5,8-12H2/t14-/m0/s1. The zero-order chi connectivity index (χ0) is 11.2. The lowest BCUT2D eigenvalue weighted by atomic mass is 10.0. The van der Waals surface area contributed by atoms with Gasteiger partial charge in [0.2, 0.25) is 0 Å². The monoisotopic (exact) mass is 219 g/mol. The van der Waals surface area contributed by atoms with Gasteiger partial charge < -0.3 is 5.11 Å². The maximum atomic E-state index is 8.88. The van der Waals surface area contributed by atoms with E-state index in [0.29, 0.717) is 12.6 Å². The summed E-state index contributed by atoms with van der Waals surface area (Å²) in [5.41, 5.74) is 1.43. The molecule has 1 aromatic carbocycles. The Bertz CT molecular complexity index is 299. The molecule has 2 heteroatoms. The van der Waals surface area contributed by atoms with Crippen LogP contribution >= 0.6 is 0 Å². The average Bonchev–Trinajstić information content (AvgIpc) is 2.75. The minimum absolute atomic E-state index is 0.314. The van der Waals surface area contributed by atoms with E-state index < -0.39 is 0 Å². The zero-order valence-corrected chi connectivity index (χ0v) is 9.81. The van der Waals surface area contributed by atoms with Crippen molar-refractivity contribution in [2.45, 2.75) is 31.7 Å². The first-order chi connectivity index (χ1) is 7.90. The minimum Gasteiger partial charge on any atom is -0.396 e. The predicted octanol–water partition coefficient (Wildman–Crippen LogP) is 2.08. The highest BCUT2D eigenvalue weighted by molar-refractivity contribution is 5.16. The Labute approximate surface area is 97.9 Å². The number of hydrogen-bond acceptors (Lipinski definition) is 2. The number of aliphatic hydroxyl groups excluding tert-OH is 1. The van der Waals surface area contributed by atoms with Crippen LogP contribution in [0.5, 0.6) is 0 Å². The fourth-order valence-corrected chi connectivity index (χ4v) is 2.58. The average molecular weight is 219 g/mol. The van der Waals surface area contributed by atoms with Gasteiger partial charge in [-0.15, -0.1) is 0 Å². The normalized spacial score (nSPS) is 21.4. The number of likely N-dealkylation sites (tertiary alicyclic amines) is 1. The summed E-state index contributed by atoms with van der Waals surface area (Å²) in [6, 6.07) is 11.4. The van der Waals surface area contributed by atoms with Crippen molar-refractivity contribution in [2.75, 3.05) is 19.7 Å². The molecule has 88 valence electrons. The summed E-state index contributed by atoms with van der Waals surface area (Å²) in [6.07, 6.45) is 4.68. The molecule has 1 N–H and O–H groups in total. The lowest BCUT2D eigenvalue weighted by molar-refractivity contribution is 0.212. The molecule has 1 aromatic rings. The third-order valence-electron chi connectivity index (χ3n) is 3.42. The van der Waals surface area contributed by atoms with Gasteiger partial charge in [0.25, 0.3) is 0 Å². The molecular formula is C14H21NO. The van der Waals surface area contributed by atoms with Crippen molar-refractivity contribution in [3.63, 3.8) is 0 Å². The Balaban J connectivity index is 1.88. The van der Waals surface area contributed by atoms with E-state index in [2.05, 4.69) is 35.2 Å². The van der Waals surface area contributed by atoms with Gasteiger partial charge in [0.1, 0.15) is 0 Å². The van der Waals surface area contributed by atoms with E-state index in [1.54, 1.807) is 0 Å². The summed E-state index contributed by atoms with van der Waals surface area (Å²) < 4.78 is 0. The van der Waals surface area contributed by atoms with Crippen molar-refractivity contribution in [3.05, 3.63) is 35.9 Å². The molecule has 1 aliphatic rings. The Hall–Kier alpha value is -0.860. The largest absolute Gasteiger partial charge is 0.396 e. The highest BCUT2D eigenvalue weighted by Crippen LogP contribution is 2.21. The molecule has 1 aliphatic heterocycles. The molecule has 0 radical (unpaired) electrons. The van der Waals surface area contributed by atoms with Gasteiger partial charge in [-0.25, -0.2) is 0 Å². The molecule has 2 nitrogen and oxygen atoms in total. The fraction of sp³-hybridized carbons (Fsp3) is 0.571. The second kappa shape index (κ2) is 6.02. The van der Waals surface area contributed by atoms with E-state index >= 15 is 0 Å². The number of hydrogen-bond donors (Lipinski definition) is 1. The van der Waals surface area contributed by atoms with Gasteiger partial charge in [0.15, 0.2) is 0 Å². The molecule has 0 bridgehead atoms. The third kappa shape index (κ3) is 3.06. The summed E-state index contributed by atoms with van der Waals surface area (Å²) >= 11 is 0. The second-order valence-electron chi connectivity index (χ2n) is 4.60. The van der Waals surface area contributed by atoms with E-state index in [9.17, 15) is 0 Å². The second-order valence-corrected chi connectivity index (χ2v) is 4.60. The quantitative estimate of drug-likeness (QED) is 0.819. The van der Waals surface area contributed by atoms with Gasteiger partial charge >= 0.3 is 0 Å². The van der Waals surface area contributed by atoms with Crippen LogP contribution in [0.2, 0.25) is 0 Å².